The van der Waals surface area contributed by atoms with Crippen molar-refractivity contribution in [2.75, 3.05) is 5.32 Å². The van der Waals surface area contributed by atoms with E-state index in [-0.39, 0.29) is 11.6 Å². The summed E-state index contributed by atoms with van der Waals surface area (Å²) in [4.78, 5) is 4.41. The molecule has 1 heterocycles. The number of allylic oxidation sites excluding steroid dienone is 1. The quantitative estimate of drug-likeness (QED) is 0.676. The van der Waals surface area contributed by atoms with Crippen molar-refractivity contribution in [1.82, 2.24) is 4.98 Å². The minimum atomic E-state index is -0.325. The number of nitrogens with one attached hydrogen (secondary N) is 1. The molecule has 118 valence electrons. The lowest BCUT2D eigenvalue weighted by Gasteiger charge is -2.01. The fraction of sp³-hybridized carbons (Fsp3) is 0. The lowest BCUT2D eigenvalue weighted by atomic mass is 10.2. The fourth-order valence-electron chi connectivity index (χ4n) is 1.99. The number of halogens is 2. The molecule has 6 heteroatoms. The van der Waals surface area contributed by atoms with E-state index >= 15 is 0 Å². The zero-order valence-corrected chi connectivity index (χ0v) is 13.1. The molecule has 3 nitrogen and oxygen atoms in total. The minimum absolute atomic E-state index is 0.310. The van der Waals surface area contributed by atoms with E-state index in [1.165, 1.54) is 41.8 Å². The Kier molecular flexibility index (Phi) is 4.64. The zero-order valence-electron chi connectivity index (χ0n) is 12.3. The van der Waals surface area contributed by atoms with Crippen molar-refractivity contribution in [2.24, 2.45) is 0 Å². The molecule has 0 saturated heterocycles. The van der Waals surface area contributed by atoms with E-state index in [9.17, 15) is 14.0 Å². The van der Waals surface area contributed by atoms with Crippen LogP contribution in [-0.4, -0.2) is 4.98 Å². The lowest BCUT2D eigenvalue weighted by molar-refractivity contribution is 0.627. The zero-order chi connectivity index (χ0) is 16.9. The molecule has 0 unspecified atom stereocenters. The van der Waals surface area contributed by atoms with Crippen LogP contribution < -0.4 is 5.32 Å². The van der Waals surface area contributed by atoms with E-state index in [0.29, 0.717) is 22.0 Å². The molecule has 0 radical (unpaired) electrons. The van der Waals surface area contributed by atoms with E-state index in [0.717, 1.165) is 5.56 Å². The molecule has 1 N–H and O–H groups in total. The second-order valence-corrected chi connectivity index (χ2v) is 5.72. The van der Waals surface area contributed by atoms with Gasteiger partial charge in [-0.3, -0.25) is 0 Å². The summed E-state index contributed by atoms with van der Waals surface area (Å²) < 4.78 is 25.9. The molecule has 3 rings (SSSR count). The topological polar surface area (TPSA) is 48.7 Å². The Balaban J connectivity index is 1.81. The van der Waals surface area contributed by atoms with Gasteiger partial charge in [-0.25, -0.2) is 13.8 Å². The molecule has 0 aliphatic carbocycles. The van der Waals surface area contributed by atoms with E-state index < -0.39 is 0 Å². The average Bonchev–Trinajstić information content (AvgIpc) is 3.08. The van der Waals surface area contributed by atoms with Crippen molar-refractivity contribution < 1.29 is 8.78 Å². The molecule has 0 aliphatic heterocycles. The SMILES string of the molecule is N#CC(=CNc1ccc(F)cc1)c1nc(-c2ccc(F)cc2)cs1. The molecule has 24 heavy (non-hydrogen) atoms. The van der Waals surface area contributed by atoms with Gasteiger partial charge in [-0.15, -0.1) is 11.3 Å². The maximum atomic E-state index is 13.0. The molecule has 2 aromatic carbocycles. The summed E-state index contributed by atoms with van der Waals surface area (Å²) >= 11 is 1.32. The summed E-state index contributed by atoms with van der Waals surface area (Å²) in [5.41, 5.74) is 2.48. The summed E-state index contributed by atoms with van der Waals surface area (Å²) in [5, 5.41) is 14.6. The maximum Gasteiger partial charge on any atom is 0.136 e. The third kappa shape index (κ3) is 3.65. The minimum Gasteiger partial charge on any atom is -0.360 e. The van der Waals surface area contributed by atoms with Crippen LogP contribution in [0, 0.1) is 23.0 Å². The van der Waals surface area contributed by atoms with Crippen LogP contribution in [0.1, 0.15) is 5.01 Å². The standard InChI is InChI=1S/C18H11F2N3S/c19-14-3-1-12(2-4-14)17-11-24-18(23-17)13(9-21)10-22-16-7-5-15(20)6-8-16/h1-8,10-11,22H. The fourth-order valence-corrected chi connectivity index (χ4v) is 2.79. The molecular formula is C18H11F2N3S. The van der Waals surface area contributed by atoms with Crippen molar-refractivity contribution in [3.8, 4) is 17.3 Å². The number of benzene rings is 2. The molecule has 0 amide bonds. The molecule has 0 bridgehead atoms. The first kappa shape index (κ1) is 15.8. The summed E-state index contributed by atoms with van der Waals surface area (Å²) in [6.07, 6.45) is 1.53. The van der Waals surface area contributed by atoms with Gasteiger partial charge in [0.1, 0.15) is 28.3 Å². The Hall–Kier alpha value is -3.04. The first-order valence-electron chi connectivity index (χ1n) is 7.00. The van der Waals surface area contributed by atoms with Crippen LogP contribution in [0.3, 0.4) is 0 Å². The molecule has 0 fully saturated rings. The summed E-state index contributed by atoms with van der Waals surface area (Å²) in [6.45, 7) is 0. The second kappa shape index (κ2) is 7.02. The average molecular weight is 339 g/mol. The number of hydrogen-bond donors (Lipinski definition) is 1. The number of rotatable bonds is 4. The summed E-state index contributed by atoms with van der Waals surface area (Å²) in [5.74, 6) is -0.635. The number of aromatic nitrogens is 1. The Morgan fingerprint density at radius 3 is 2.29 bits per heavy atom. The van der Waals surface area contributed by atoms with Gasteiger partial charge in [-0.05, 0) is 48.5 Å². The second-order valence-electron chi connectivity index (χ2n) is 4.87. The number of hydrogen-bond acceptors (Lipinski definition) is 4. The van der Waals surface area contributed by atoms with Crippen molar-refractivity contribution in [1.29, 1.82) is 5.26 Å². The molecule has 0 saturated carbocycles. The van der Waals surface area contributed by atoms with Gasteiger partial charge < -0.3 is 5.32 Å². The smallest absolute Gasteiger partial charge is 0.136 e. The monoisotopic (exact) mass is 339 g/mol. The Labute approximate surface area is 141 Å². The molecular weight excluding hydrogens is 328 g/mol. The Bertz CT molecular complexity index is 907. The van der Waals surface area contributed by atoms with Gasteiger partial charge >= 0.3 is 0 Å². The van der Waals surface area contributed by atoms with Crippen molar-refractivity contribution in [2.45, 2.75) is 0 Å². The van der Waals surface area contributed by atoms with Crippen LogP contribution in [0.25, 0.3) is 16.8 Å². The normalized spacial score (nSPS) is 11.1. The van der Waals surface area contributed by atoms with Crippen LogP contribution >= 0.6 is 11.3 Å². The van der Waals surface area contributed by atoms with Crippen LogP contribution in [0.15, 0.2) is 60.1 Å². The van der Waals surface area contributed by atoms with Crippen molar-refractivity contribution >= 4 is 22.6 Å². The number of nitriles is 1. The highest BCUT2D eigenvalue weighted by Gasteiger charge is 2.09. The van der Waals surface area contributed by atoms with Gasteiger partial charge in [0.2, 0.25) is 0 Å². The van der Waals surface area contributed by atoms with Gasteiger partial charge in [0.25, 0.3) is 0 Å². The Morgan fingerprint density at radius 1 is 1.04 bits per heavy atom. The van der Waals surface area contributed by atoms with Crippen LogP contribution in [0.5, 0.6) is 0 Å². The van der Waals surface area contributed by atoms with Crippen LogP contribution in [0.2, 0.25) is 0 Å². The molecule has 0 aliphatic rings. The molecule has 0 spiro atoms. The summed E-state index contributed by atoms with van der Waals surface area (Å²) in [6, 6.07) is 13.9. The van der Waals surface area contributed by atoms with Gasteiger partial charge in [-0.1, -0.05) is 0 Å². The first-order chi connectivity index (χ1) is 11.7. The van der Waals surface area contributed by atoms with Gasteiger partial charge in [0.05, 0.1) is 5.69 Å². The highest BCUT2D eigenvalue weighted by molar-refractivity contribution is 7.11. The van der Waals surface area contributed by atoms with Gasteiger partial charge in [-0.2, -0.15) is 5.26 Å². The molecule has 0 atom stereocenters. The highest BCUT2D eigenvalue weighted by atomic mass is 32.1. The number of thiazole rings is 1. The van der Waals surface area contributed by atoms with Crippen molar-refractivity contribution in [3.05, 3.63) is 76.8 Å². The van der Waals surface area contributed by atoms with Gasteiger partial charge in [0, 0.05) is 22.8 Å². The van der Waals surface area contributed by atoms with Crippen molar-refractivity contribution in [3.63, 3.8) is 0 Å². The lowest BCUT2D eigenvalue weighted by Crippen LogP contribution is -1.91. The number of nitrogens with zero attached hydrogens (tertiary/aromatic N) is 2. The third-order valence-corrected chi connectivity index (χ3v) is 4.10. The van der Waals surface area contributed by atoms with E-state index in [4.69, 9.17) is 0 Å². The number of anilines is 1. The maximum absolute atomic E-state index is 13.0. The first-order valence-corrected chi connectivity index (χ1v) is 7.88. The van der Waals surface area contributed by atoms with E-state index in [1.807, 2.05) is 5.38 Å². The predicted molar refractivity (Wildman–Crippen MR) is 91.1 cm³/mol. The largest absolute Gasteiger partial charge is 0.360 e. The summed E-state index contributed by atoms with van der Waals surface area (Å²) in [7, 11) is 0. The van der Waals surface area contributed by atoms with E-state index in [1.54, 1.807) is 24.3 Å². The third-order valence-electron chi connectivity index (χ3n) is 3.22. The predicted octanol–water partition coefficient (Wildman–Crippen LogP) is 5.06. The molecule has 3 aromatic rings. The van der Waals surface area contributed by atoms with Crippen LogP contribution in [-0.2, 0) is 0 Å². The highest BCUT2D eigenvalue weighted by Crippen LogP contribution is 2.26. The van der Waals surface area contributed by atoms with E-state index in [2.05, 4.69) is 16.4 Å². The van der Waals surface area contributed by atoms with Gasteiger partial charge in [0.15, 0.2) is 0 Å². The Morgan fingerprint density at radius 2 is 1.67 bits per heavy atom. The molecule has 1 aromatic heterocycles. The van der Waals surface area contributed by atoms with Crippen LogP contribution in [0.4, 0.5) is 14.5 Å².